The number of hydrogen-bond donors (Lipinski definition) is 0. The summed E-state index contributed by atoms with van der Waals surface area (Å²) in [6, 6.07) is 4.58. The van der Waals surface area contributed by atoms with E-state index in [2.05, 4.69) is 9.97 Å². The predicted molar refractivity (Wildman–Crippen MR) is 110 cm³/mol. The molecule has 2 aliphatic rings. The number of sulfone groups is 2. The van der Waals surface area contributed by atoms with E-state index < -0.39 is 42.5 Å². The molecule has 0 saturated carbocycles. The average molecular weight is 455 g/mol. The molecule has 162 valence electrons. The highest BCUT2D eigenvalue weighted by Gasteiger charge is 2.49. The van der Waals surface area contributed by atoms with E-state index in [1.54, 1.807) is 18.5 Å². The van der Waals surface area contributed by atoms with Gasteiger partial charge in [0, 0.05) is 44.6 Å². The van der Waals surface area contributed by atoms with Crippen LogP contribution in [0.3, 0.4) is 0 Å². The number of nitrogens with zero attached hydrogens (tertiary/aromatic N) is 4. The highest BCUT2D eigenvalue weighted by molar-refractivity contribution is 7.96. The molecule has 2 atom stereocenters. The minimum absolute atomic E-state index is 0.00711. The van der Waals surface area contributed by atoms with Gasteiger partial charge >= 0.3 is 0 Å². The first-order chi connectivity index (χ1) is 14.2. The maximum Gasteiger partial charge on any atom is 0.225 e. The van der Waals surface area contributed by atoms with Crippen LogP contribution in [-0.2, 0) is 19.7 Å². The van der Waals surface area contributed by atoms with Crippen molar-refractivity contribution in [3.63, 3.8) is 0 Å². The van der Waals surface area contributed by atoms with Gasteiger partial charge in [0.1, 0.15) is 5.82 Å². The molecule has 1 aromatic carbocycles. The smallest absolute Gasteiger partial charge is 0.225 e. The highest BCUT2D eigenvalue weighted by atomic mass is 32.2. The van der Waals surface area contributed by atoms with E-state index in [0.29, 0.717) is 32.1 Å². The quantitative estimate of drug-likeness (QED) is 0.622. The van der Waals surface area contributed by atoms with E-state index in [1.165, 1.54) is 13.0 Å². The SMILES string of the molecule is Cc1cc(F)ccc1S(=O)(=O)[C@H]1CS(=O)(=O)C[C@@H]1N1CCN(c2ncccn2)CC1. The third-order valence-electron chi connectivity index (χ3n) is 5.73. The van der Waals surface area contributed by atoms with Crippen molar-refractivity contribution in [2.75, 3.05) is 42.6 Å². The summed E-state index contributed by atoms with van der Waals surface area (Å²) in [7, 11) is -7.45. The lowest BCUT2D eigenvalue weighted by atomic mass is 10.2. The molecule has 0 amide bonds. The van der Waals surface area contributed by atoms with E-state index in [0.717, 1.165) is 12.1 Å². The lowest BCUT2D eigenvalue weighted by Crippen LogP contribution is -2.55. The molecular formula is C19H23FN4O4S2. The number of halogens is 1. The summed E-state index contributed by atoms with van der Waals surface area (Å²) in [6.07, 6.45) is 3.32. The van der Waals surface area contributed by atoms with Crippen LogP contribution in [0, 0.1) is 12.7 Å². The summed E-state index contributed by atoms with van der Waals surface area (Å²) in [5.74, 6) is -0.541. The lowest BCUT2D eigenvalue weighted by molar-refractivity contribution is 0.201. The van der Waals surface area contributed by atoms with Gasteiger partial charge in [0.2, 0.25) is 5.95 Å². The Bertz CT molecular complexity index is 1130. The maximum absolute atomic E-state index is 13.5. The third-order valence-corrected chi connectivity index (χ3v) is 10.0. The molecule has 11 heteroatoms. The van der Waals surface area contributed by atoms with Crippen molar-refractivity contribution in [1.29, 1.82) is 0 Å². The Morgan fingerprint density at radius 3 is 2.37 bits per heavy atom. The van der Waals surface area contributed by atoms with Crippen LogP contribution < -0.4 is 4.90 Å². The minimum Gasteiger partial charge on any atom is -0.338 e. The number of anilines is 1. The molecule has 0 bridgehead atoms. The Morgan fingerprint density at radius 2 is 1.73 bits per heavy atom. The number of hydrogen-bond acceptors (Lipinski definition) is 8. The van der Waals surface area contributed by atoms with Crippen molar-refractivity contribution in [3.8, 4) is 0 Å². The second-order valence-corrected chi connectivity index (χ2v) is 12.0. The van der Waals surface area contributed by atoms with Crippen molar-refractivity contribution in [3.05, 3.63) is 48.0 Å². The second kappa shape index (κ2) is 7.86. The number of rotatable bonds is 4. The van der Waals surface area contributed by atoms with Crippen LogP contribution in [0.4, 0.5) is 10.3 Å². The van der Waals surface area contributed by atoms with E-state index in [4.69, 9.17) is 0 Å². The van der Waals surface area contributed by atoms with Crippen LogP contribution in [0.2, 0.25) is 0 Å². The van der Waals surface area contributed by atoms with Gasteiger partial charge in [-0.25, -0.2) is 31.2 Å². The molecule has 0 N–H and O–H groups in total. The molecule has 3 heterocycles. The van der Waals surface area contributed by atoms with Gasteiger partial charge in [-0.1, -0.05) is 0 Å². The van der Waals surface area contributed by atoms with E-state index in [-0.39, 0.29) is 16.2 Å². The third kappa shape index (κ3) is 4.06. The largest absolute Gasteiger partial charge is 0.338 e. The Kier molecular flexibility index (Phi) is 5.54. The molecule has 2 fully saturated rings. The predicted octanol–water partition coefficient (Wildman–Crippen LogP) is 0.686. The van der Waals surface area contributed by atoms with Crippen molar-refractivity contribution in [2.24, 2.45) is 0 Å². The number of benzene rings is 1. The summed E-state index contributed by atoms with van der Waals surface area (Å²) in [5.41, 5.74) is 0.282. The number of aromatic nitrogens is 2. The summed E-state index contributed by atoms with van der Waals surface area (Å²) in [4.78, 5) is 12.4. The van der Waals surface area contributed by atoms with Crippen LogP contribution in [0.5, 0.6) is 0 Å². The fraction of sp³-hybridized carbons (Fsp3) is 0.474. The first-order valence-corrected chi connectivity index (χ1v) is 13.0. The fourth-order valence-electron chi connectivity index (χ4n) is 4.24. The van der Waals surface area contributed by atoms with Crippen molar-refractivity contribution < 1.29 is 21.2 Å². The molecule has 2 aromatic rings. The summed E-state index contributed by atoms with van der Waals surface area (Å²) in [6.45, 7) is 3.68. The van der Waals surface area contributed by atoms with Gasteiger partial charge in [-0.05, 0) is 36.8 Å². The highest BCUT2D eigenvalue weighted by Crippen LogP contribution is 2.31. The molecule has 0 spiro atoms. The average Bonchev–Trinajstić information content (AvgIpc) is 3.05. The Morgan fingerprint density at radius 1 is 1.07 bits per heavy atom. The normalized spacial score (nSPS) is 24.8. The Hall–Kier alpha value is -2.11. The minimum atomic E-state index is -3.95. The number of piperazine rings is 1. The van der Waals surface area contributed by atoms with Crippen LogP contribution >= 0.6 is 0 Å². The topological polar surface area (TPSA) is 101 Å². The van der Waals surface area contributed by atoms with Crippen molar-refractivity contribution >= 4 is 25.6 Å². The molecule has 2 aliphatic heterocycles. The number of aryl methyl sites for hydroxylation is 1. The van der Waals surface area contributed by atoms with Crippen LogP contribution in [0.1, 0.15) is 5.56 Å². The molecular weight excluding hydrogens is 431 g/mol. The van der Waals surface area contributed by atoms with Gasteiger partial charge in [-0.2, -0.15) is 0 Å². The zero-order valence-corrected chi connectivity index (χ0v) is 18.1. The van der Waals surface area contributed by atoms with Gasteiger partial charge in [0.05, 0.1) is 21.7 Å². The molecule has 0 unspecified atom stereocenters. The first-order valence-electron chi connectivity index (χ1n) is 9.64. The molecule has 4 rings (SSSR count). The molecule has 8 nitrogen and oxygen atoms in total. The van der Waals surface area contributed by atoms with Gasteiger partial charge in [-0.15, -0.1) is 0 Å². The Balaban J connectivity index is 1.58. The van der Waals surface area contributed by atoms with Crippen LogP contribution in [-0.4, -0.2) is 80.7 Å². The molecule has 0 aliphatic carbocycles. The van der Waals surface area contributed by atoms with Gasteiger partial charge in [0.25, 0.3) is 0 Å². The zero-order chi connectivity index (χ0) is 21.5. The van der Waals surface area contributed by atoms with Gasteiger partial charge < -0.3 is 4.90 Å². The Labute approximate surface area is 175 Å². The van der Waals surface area contributed by atoms with Crippen molar-refractivity contribution in [2.45, 2.75) is 23.1 Å². The lowest BCUT2D eigenvalue weighted by Gasteiger charge is -2.39. The van der Waals surface area contributed by atoms with E-state index >= 15 is 0 Å². The molecule has 1 aromatic heterocycles. The first kappa shape index (κ1) is 21.1. The molecule has 0 radical (unpaired) electrons. The fourth-order valence-corrected chi connectivity index (χ4v) is 9.29. The van der Waals surface area contributed by atoms with E-state index in [9.17, 15) is 21.2 Å². The molecule has 2 saturated heterocycles. The van der Waals surface area contributed by atoms with Gasteiger partial charge in [0.15, 0.2) is 19.7 Å². The van der Waals surface area contributed by atoms with Crippen LogP contribution in [0.25, 0.3) is 0 Å². The molecule has 30 heavy (non-hydrogen) atoms. The monoisotopic (exact) mass is 454 g/mol. The standard InChI is InChI=1S/C19H23FN4O4S2/c1-14-11-15(20)3-4-17(14)30(27,28)18-13-29(25,26)12-16(18)23-7-9-24(10-8-23)19-21-5-2-6-22-19/h2-6,11,16,18H,7-10,12-13H2,1H3/t16-,18-/m0/s1. The summed E-state index contributed by atoms with van der Waals surface area (Å²) >= 11 is 0. The van der Waals surface area contributed by atoms with Crippen molar-refractivity contribution in [1.82, 2.24) is 14.9 Å². The van der Waals surface area contributed by atoms with Gasteiger partial charge in [-0.3, -0.25) is 4.90 Å². The summed E-state index contributed by atoms with van der Waals surface area (Å²) in [5, 5.41) is -1.08. The van der Waals surface area contributed by atoms with E-state index in [1.807, 2.05) is 9.80 Å². The zero-order valence-electron chi connectivity index (χ0n) is 16.5. The summed E-state index contributed by atoms with van der Waals surface area (Å²) < 4.78 is 65.0. The van der Waals surface area contributed by atoms with Crippen LogP contribution in [0.15, 0.2) is 41.6 Å². The maximum atomic E-state index is 13.5. The second-order valence-electron chi connectivity index (χ2n) is 7.71.